The number of aliphatic hydroxyl groups is 1. The number of halogens is 1. The van der Waals surface area contributed by atoms with Crippen molar-refractivity contribution in [1.82, 2.24) is 4.90 Å². The van der Waals surface area contributed by atoms with E-state index in [-0.39, 0.29) is 5.82 Å². The summed E-state index contributed by atoms with van der Waals surface area (Å²) in [5.41, 5.74) is -0.0316. The predicted molar refractivity (Wildman–Crippen MR) is 70.9 cm³/mol. The van der Waals surface area contributed by atoms with Crippen LogP contribution < -0.4 is 0 Å². The van der Waals surface area contributed by atoms with Crippen molar-refractivity contribution in [3.8, 4) is 0 Å². The summed E-state index contributed by atoms with van der Waals surface area (Å²) in [6, 6.07) is 6.50. The summed E-state index contributed by atoms with van der Waals surface area (Å²) < 4.78 is 13.8. The van der Waals surface area contributed by atoms with Gasteiger partial charge in [-0.2, -0.15) is 0 Å². The molecule has 100 valence electrons. The Morgan fingerprint density at radius 1 is 1.17 bits per heavy atom. The molecular weight excluding hydrogens is 229 g/mol. The highest BCUT2D eigenvalue weighted by atomic mass is 19.1. The van der Waals surface area contributed by atoms with Crippen LogP contribution in [-0.4, -0.2) is 28.6 Å². The maximum atomic E-state index is 13.8. The maximum absolute atomic E-state index is 13.8. The van der Waals surface area contributed by atoms with Crippen LogP contribution in [0.3, 0.4) is 0 Å². The van der Waals surface area contributed by atoms with Gasteiger partial charge >= 0.3 is 0 Å². The smallest absolute Gasteiger partial charge is 0.129 e. The summed E-state index contributed by atoms with van der Waals surface area (Å²) in [6.45, 7) is 5.96. The summed E-state index contributed by atoms with van der Waals surface area (Å²) >= 11 is 0. The largest absolute Gasteiger partial charge is 0.386 e. The molecule has 2 nitrogen and oxygen atoms in total. The van der Waals surface area contributed by atoms with Crippen LogP contribution in [0.1, 0.15) is 44.8 Å². The van der Waals surface area contributed by atoms with Gasteiger partial charge in [-0.3, -0.25) is 4.90 Å². The highest BCUT2D eigenvalue weighted by Crippen LogP contribution is 2.33. The molecule has 1 aromatic rings. The molecule has 1 fully saturated rings. The second-order valence-corrected chi connectivity index (χ2v) is 5.63. The molecule has 1 aliphatic rings. The molecule has 0 aromatic heterocycles. The fraction of sp³-hybridized carbons (Fsp3) is 0.600. The lowest BCUT2D eigenvalue weighted by molar-refractivity contribution is -0.0225. The number of benzene rings is 1. The minimum Gasteiger partial charge on any atom is -0.386 e. The lowest BCUT2D eigenvalue weighted by Crippen LogP contribution is -2.50. The number of piperidine rings is 1. The predicted octanol–water partition coefficient (Wildman–Crippen LogP) is 3.12. The van der Waals surface area contributed by atoms with Crippen LogP contribution in [0.5, 0.6) is 0 Å². The third-order valence-electron chi connectivity index (χ3n) is 4.04. The van der Waals surface area contributed by atoms with E-state index in [1.807, 2.05) is 13.8 Å². The van der Waals surface area contributed by atoms with Crippen LogP contribution >= 0.6 is 0 Å². The monoisotopic (exact) mass is 251 g/mol. The van der Waals surface area contributed by atoms with Gasteiger partial charge in [-0.25, -0.2) is 4.39 Å². The zero-order valence-corrected chi connectivity index (χ0v) is 11.2. The Bertz CT molecular complexity index is 399. The molecule has 1 unspecified atom stereocenters. The third kappa shape index (κ3) is 2.57. The molecular formula is C15H22FNO. The number of likely N-dealkylation sites (tertiary alicyclic amines) is 1. The lowest BCUT2D eigenvalue weighted by atomic mass is 9.87. The summed E-state index contributed by atoms with van der Waals surface area (Å²) in [5.74, 6) is -0.324. The van der Waals surface area contributed by atoms with Gasteiger partial charge in [0, 0.05) is 11.1 Å². The minimum absolute atomic E-state index is 0.324. The van der Waals surface area contributed by atoms with Gasteiger partial charge in [-0.15, -0.1) is 0 Å². The van der Waals surface area contributed by atoms with Crippen LogP contribution in [0.4, 0.5) is 4.39 Å². The average Bonchev–Trinajstić information content (AvgIpc) is 2.39. The first-order chi connectivity index (χ1) is 8.53. The van der Waals surface area contributed by atoms with Crippen molar-refractivity contribution < 1.29 is 9.50 Å². The quantitative estimate of drug-likeness (QED) is 0.892. The Kier molecular flexibility index (Phi) is 4.03. The number of rotatable bonds is 3. The van der Waals surface area contributed by atoms with Crippen molar-refractivity contribution in [3.05, 3.63) is 35.6 Å². The van der Waals surface area contributed by atoms with E-state index in [2.05, 4.69) is 4.90 Å². The van der Waals surface area contributed by atoms with Gasteiger partial charge in [0.2, 0.25) is 0 Å². The number of hydrogen-bond donors (Lipinski definition) is 1. The standard InChI is InChI=1S/C15H22FNO/c1-15(2,17-10-6-3-7-11-17)14(18)12-8-4-5-9-13(12)16/h4-5,8-9,14,18H,3,6-7,10-11H2,1-2H3. The van der Waals surface area contributed by atoms with E-state index in [1.54, 1.807) is 18.2 Å². The second-order valence-electron chi connectivity index (χ2n) is 5.63. The molecule has 0 spiro atoms. The first kappa shape index (κ1) is 13.5. The van der Waals surface area contributed by atoms with Crippen molar-refractivity contribution >= 4 is 0 Å². The van der Waals surface area contributed by atoms with Crippen LogP contribution in [0, 0.1) is 5.82 Å². The molecule has 18 heavy (non-hydrogen) atoms. The van der Waals surface area contributed by atoms with E-state index in [1.165, 1.54) is 12.5 Å². The van der Waals surface area contributed by atoms with Crippen molar-refractivity contribution in [1.29, 1.82) is 0 Å². The fourth-order valence-corrected chi connectivity index (χ4v) is 2.72. The Labute approximate surface area is 108 Å². The van der Waals surface area contributed by atoms with Crippen molar-refractivity contribution in [2.75, 3.05) is 13.1 Å². The zero-order chi connectivity index (χ0) is 13.2. The zero-order valence-electron chi connectivity index (χ0n) is 11.2. The molecule has 0 amide bonds. The van der Waals surface area contributed by atoms with Crippen LogP contribution in [0.15, 0.2) is 24.3 Å². The van der Waals surface area contributed by atoms with Crippen molar-refractivity contribution in [3.63, 3.8) is 0 Å². The molecule has 1 N–H and O–H groups in total. The maximum Gasteiger partial charge on any atom is 0.129 e. The Hall–Kier alpha value is -0.930. The second kappa shape index (κ2) is 5.37. The Balaban J connectivity index is 2.20. The lowest BCUT2D eigenvalue weighted by Gasteiger charge is -2.44. The number of nitrogens with zero attached hydrogens (tertiary/aromatic N) is 1. The highest BCUT2D eigenvalue weighted by molar-refractivity contribution is 5.22. The number of hydrogen-bond acceptors (Lipinski definition) is 2. The van der Waals surface area contributed by atoms with Gasteiger partial charge in [0.15, 0.2) is 0 Å². The van der Waals surface area contributed by atoms with E-state index in [0.717, 1.165) is 25.9 Å². The van der Waals surface area contributed by atoms with Gasteiger partial charge < -0.3 is 5.11 Å². The van der Waals surface area contributed by atoms with E-state index < -0.39 is 11.6 Å². The molecule has 0 saturated carbocycles. The van der Waals surface area contributed by atoms with E-state index in [0.29, 0.717) is 5.56 Å². The van der Waals surface area contributed by atoms with E-state index >= 15 is 0 Å². The first-order valence-electron chi connectivity index (χ1n) is 6.71. The van der Waals surface area contributed by atoms with Crippen molar-refractivity contribution in [2.24, 2.45) is 0 Å². The third-order valence-corrected chi connectivity index (χ3v) is 4.04. The molecule has 3 heteroatoms. The van der Waals surface area contributed by atoms with E-state index in [9.17, 15) is 9.50 Å². The Morgan fingerprint density at radius 2 is 1.78 bits per heavy atom. The normalized spacial score (nSPS) is 19.8. The van der Waals surface area contributed by atoms with Crippen molar-refractivity contribution in [2.45, 2.75) is 44.8 Å². The fourth-order valence-electron chi connectivity index (χ4n) is 2.72. The molecule has 2 rings (SSSR count). The molecule has 1 heterocycles. The molecule has 1 aliphatic heterocycles. The van der Waals surface area contributed by atoms with Gasteiger partial charge in [0.25, 0.3) is 0 Å². The summed E-state index contributed by atoms with van der Waals surface area (Å²) in [5, 5.41) is 10.5. The van der Waals surface area contributed by atoms with Gasteiger partial charge in [-0.1, -0.05) is 24.6 Å². The van der Waals surface area contributed by atoms with Crippen LogP contribution in [0.25, 0.3) is 0 Å². The summed E-state index contributed by atoms with van der Waals surface area (Å²) in [4.78, 5) is 2.27. The molecule has 1 saturated heterocycles. The highest BCUT2D eigenvalue weighted by Gasteiger charge is 2.36. The Morgan fingerprint density at radius 3 is 2.39 bits per heavy atom. The van der Waals surface area contributed by atoms with E-state index in [4.69, 9.17) is 0 Å². The molecule has 1 aromatic carbocycles. The topological polar surface area (TPSA) is 23.5 Å². The summed E-state index contributed by atoms with van der Waals surface area (Å²) in [6.07, 6.45) is 2.78. The summed E-state index contributed by atoms with van der Waals surface area (Å²) in [7, 11) is 0. The molecule has 0 bridgehead atoms. The minimum atomic E-state index is -0.795. The SMILES string of the molecule is CC(C)(C(O)c1ccccc1F)N1CCCCC1. The van der Waals surface area contributed by atoms with Gasteiger partial charge in [-0.05, 0) is 45.8 Å². The molecule has 0 aliphatic carbocycles. The molecule has 1 atom stereocenters. The van der Waals surface area contributed by atoms with Crippen LogP contribution in [-0.2, 0) is 0 Å². The number of aliphatic hydroxyl groups excluding tert-OH is 1. The first-order valence-corrected chi connectivity index (χ1v) is 6.71. The molecule has 0 radical (unpaired) electrons. The van der Waals surface area contributed by atoms with Crippen LogP contribution in [0.2, 0.25) is 0 Å². The van der Waals surface area contributed by atoms with Gasteiger partial charge in [0.05, 0.1) is 6.10 Å². The van der Waals surface area contributed by atoms with Gasteiger partial charge in [0.1, 0.15) is 5.82 Å². The average molecular weight is 251 g/mol.